The summed E-state index contributed by atoms with van der Waals surface area (Å²) in [6.07, 6.45) is 4.27. The third-order valence-electron chi connectivity index (χ3n) is 4.51. The van der Waals surface area contributed by atoms with Crippen molar-refractivity contribution in [1.29, 1.82) is 0 Å². The number of aromatic hydroxyl groups is 2. The van der Waals surface area contributed by atoms with E-state index < -0.39 is 23.6 Å². The van der Waals surface area contributed by atoms with Crippen molar-refractivity contribution < 1.29 is 30.0 Å². The van der Waals surface area contributed by atoms with Gasteiger partial charge in [0.15, 0.2) is 5.78 Å². The molecule has 6 heteroatoms. The van der Waals surface area contributed by atoms with E-state index in [2.05, 4.69) is 0 Å². The molecule has 2 aromatic rings. The fourth-order valence-corrected chi connectivity index (χ4v) is 2.83. The van der Waals surface area contributed by atoms with Crippen molar-refractivity contribution in [1.82, 2.24) is 0 Å². The van der Waals surface area contributed by atoms with E-state index in [9.17, 15) is 30.0 Å². The third kappa shape index (κ3) is 5.88. The van der Waals surface area contributed by atoms with Crippen LogP contribution in [-0.4, -0.2) is 38.1 Å². The van der Waals surface area contributed by atoms with Gasteiger partial charge in [-0.25, -0.2) is 0 Å². The monoisotopic (exact) mass is 396 g/mol. The molecule has 2 rings (SSSR count). The molecule has 0 aromatic heterocycles. The molecule has 2 unspecified atom stereocenters. The summed E-state index contributed by atoms with van der Waals surface area (Å²) >= 11 is 0. The second-order valence-corrected chi connectivity index (χ2v) is 6.77. The number of carbonyl (C=O) groups excluding carboxylic acids is 2. The number of aliphatic hydroxyl groups excluding tert-OH is 2. The van der Waals surface area contributed by atoms with Gasteiger partial charge in [0.1, 0.15) is 23.2 Å². The number of rotatable bonds is 8. The molecule has 0 heterocycles. The maximum atomic E-state index is 12.5. The predicted molar refractivity (Wildman–Crippen MR) is 110 cm³/mol. The summed E-state index contributed by atoms with van der Waals surface area (Å²) in [5.41, 5.74) is 2.26. The number of benzene rings is 2. The van der Waals surface area contributed by atoms with Crippen molar-refractivity contribution in [2.45, 2.75) is 26.6 Å². The fraction of sp³-hybridized carbons (Fsp3) is 0.217. The first-order valence-electron chi connectivity index (χ1n) is 9.04. The van der Waals surface area contributed by atoms with Gasteiger partial charge in [-0.1, -0.05) is 30.4 Å². The Bertz CT molecular complexity index is 958. The standard InChI is InChI=1S/C23H24O6/c1-14-11-16(3-7-19(14)26)5-9-21(28)23(15(2)25)22(29)10-6-17-4-8-20(27)18(12-17)13-24/h3-12,22-24,26-27,29H,13H2,1-2H3/b9-5+,10-6+. The number of phenols is 2. The van der Waals surface area contributed by atoms with Crippen molar-refractivity contribution in [3.8, 4) is 11.5 Å². The average Bonchev–Trinajstić information content (AvgIpc) is 2.68. The molecule has 29 heavy (non-hydrogen) atoms. The zero-order chi connectivity index (χ0) is 21.6. The Hall–Kier alpha value is -3.22. The summed E-state index contributed by atoms with van der Waals surface area (Å²) in [4.78, 5) is 24.4. The normalized spacial score (nSPS) is 13.7. The maximum absolute atomic E-state index is 12.5. The first-order chi connectivity index (χ1) is 13.7. The van der Waals surface area contributed by atoms with Gasteiger partial charge in [0, 0.05) is 5.56 Å². The molecule has 0 bridgehead atoms. The Balaban J connectivity index is 2.16. The van der Waals surface area contributed by atoms with Crippen molar-refractivity contribution in [2.75, 3.05) is 0 Å². The molecule has 0 aliphatic rings. The molecule has 2 aromatic carbocycles. The molecule has 0 fully saturated rings. The van der Waals surface area contributed by atoms with Gasteiger partial charge >= 0.3 is 0 Å². The molecule has 0 saturated carbocycles. The van der Waals surface area contributed by atoms with E-state index in [4.69, 9.17) is 0 Å². The quantitative estimate of drug-likeness (QED) is 0.403. The van der Waals surface area contributed by atoms with Crippen LogP contribution in [0, 0.1) is 12.8 Å². The Morgan fingerprint density at radius 1 is 1.00 bits per heavy atom. The minimum Gasteiger partial charge on any atom is -0.508 e. The highest BCUT2D eigenvalue weighted by molar-refractivity contribution is 6.09. The second kappa shape index (κ2) is 9.82. The first kappa shape index (κ1) is 22.1. The summed E-state index contributed by atoms with van der Waals surface area (Å²) in [6.45, 7) is 2.63. The number of allylic oxidation sites excluding steroid dienone is 1. The molecule has 6 nitrogen and oxygen atoms in total. The lowest BCUT2D eigenvalue weighted by molar-refractivity contribution is -0.132. The van der Waals surface area contributed by atoms with E-state index >= 15 is 0 Å². The zero-order valence-corrected chi connectivity index (χ0v) is 16.2. The van der Waals surface area contributed by atoms with Gasteiger partial charge in [-0.3, -0.25) is 9.59 Å². The minimum atomic E-state index is -1.34. The summed E-state index contributed by atoms with van der Waals surface area (Å²) in [7, 11) is 0. The summed E-state index contributed by atoms with van der Waals surface area (Å²) in [6, 6.07) is 9.37. The predicted octanol–water partition coefficient (Wildman–Crippen LogP) is 2.76. The van der Waals surface area contributed by atoms with Crippen LogP contribution in [-0.2, 0) is 16.2 Å². The van der Waals surface area contributed by atoms with Crippen molar-refractivity contribution >= 4 is 23.7 Å². The molecular weight excluding hydrogens is 372 g/mol. The van der Waals surface area contributed by atoms with Crippen LogP contribution in [0.15, 0.2) is 48.6 Å². The third-order valence-corrected chi connectivity index (χ3v) is 4.51. The van der Waals surface area contributed by atoms with Gasteiger partial charge in [-0.05, 0) is 60.9 Å². The molecule has 0 aliphatic heterocycles. The molecular formula is C23H24O6. The van der Waals surface area contributed by atoms with Crippen LogP contribution in [0.2, 0.25) is 0 Å². The molecule has 0 saturated heterocycles. The average molecular weight is 396 g/mol. The lowest BCUT2D eigenvalue weighted by Gasteiger charge is -2.14. The van der Waals surface area contributed by atoms with Gasteiger partial charge in [0.05, 0.1) is 12.7 Å². The summed E-state index contributed by atoms with van der Waals surface area (Å²) in [5, 5.41) is 38.7. The van der Waals surface area contributed by atoms with Crippen molar-refractivity contribution in [3.63, 3.8) is 0 Å². The molecule has 0 aliphatic carbocycles. The van der Waals surface area contributed by atoms with E-state index in [1.54, 1.807) is 25.1 Å². The number of aliphatic hydroxyl groups is 2. The smallest absolute Gasteiger partial charge is 0.169 e. The number of hydrogen-bond acceptors (Lipinski definition) is 6. The molecule has 0 radical (unpaired) electrons. The van der Waals surface area contributed by atoms with Crippen LogP contribution in [0.3, 0.4) is 0 Å². The minimum absolute atomic E-state index is 0.0448. The van der Waals surface area contributed by atoms with Crippen LogP contribution in [0.25, 0.3) is 12.2 Å². The van der Waals surface area contributed by atoms with Gasteiger partial charge in [-0.15, -0.1) is 0 Å². The Morgan fingerprint density at radius 2 is 1.62 bits per heavy atom. The Morgan fingerprint density at radius 3 is 2.21 bits per heavy atom. The van der Waals surface area contributed by atoms with Crippen LogP contribution in [0.1, 0.15) is 29.2 Å². The first-order valence-corrected chi connectivity index (χ1v) is 9.04. The van der Waals surface area contributed by atoms with E-state index in [0.29, 0.717) is 22.3 Å². The van der Waals surface area contributed by atoms with Crippen molar-refractivity contribution in [3.05, 3.63) is 70.8 Å². The molecule has 0 amide bonds. The van der Waals surface area contributed by atoms with Gasteiger partial charge in [0.2, 0.25) is 0 Å². The Labute approximate surface area is 169 Å². The summed E-state index contributed by atoms with van der Waals surface area (Å²) < 4.78 is 0. The van der Waals surface area contributed by atoms with Crippen LogP contribution in [0.5, 0.6) is 11.5 Å². The number of aryl methyl sites for hydroxylation is 1. The highest BCUT2D eigenvalue weighted by Gasteiger charge is 2.27. The highest BCUT2D eigenvalue weighted by Crippen LogP contribution is 2.21. The number of Topliss-reactive ketones (excluding diaryl/α,β-unsaturated/α-hetero) is 1. The van der Waals surface area contributed by atoms with Gasteiger partial charge in [-0.2, -0.15) is 0 Å². The van der Waals surface area contributed by atoms with Crippen LogP contribution in [0.4, 0.5) is 0 Å². The molecule has 0 spiro atoms. The van der Waals surface area contributed by atoms with E-state index in [1.165, 1.54) is 49.4 Å². The van der Waals surface area contributed by atoms with E-state index in [-0.39, 0.29) is 18.1 Å². The lowest BCUT2D eigenvalue weighted by atomic mass is 9.92. The van der Waals surface area contributed by atoms with Gasteiger partial charge < -0.3 is 20.4 Å². The van der Waals surface area contributed by atoms with Crippen LogP contribution < -0.4 is 0 Å². The molecule has 152 valence electrons. The second-order valence-electron chi connectivity index (χ2n) is 6.77. The van der Waals surface area contributed by atoms with E-state index in [1.807, 2.05) is 0 Å². The molecule has 2 atom stereocenters. The lowest BCUT2D eigenvalue weighted by Crippen LogP contribution is -2.31. The zero-order valence-electron chi connectivity index (χ0n) is 16.2. The Kier molecular flexibility index (Phi) is 7.47. The van der Waals surface area contributed by atoms with Crippen LogP contribution >= 0.6 is 0 Å². The summed E-state index contributed by atoms with van der Waals surface area (Å²) in [5.74, 6) is -2.16. The van der Waals surface area contributed by atoms with E-state index in [0.717, 1.165) is 0 Å². The molecule has 4 N–H and O–H groups in total. The number of hydrogen-bond donors (Lipinski definition) is 4. The fourth-order valence-electron chi connectivity index (χ4n) is 2.83. The largest absolute Gasteiger partial charge is 0.508 e. The van der Waals surface area contributed by atoms with Gasteiger partial charge in [0.25, 0.3) is 0 Å². The SMILES string of the molecule is CC(=O)C(C(=O)/C=C/c1ccc(O)c(C)c1)C(O)/C=C/c1ccc(O)c(CO)c1. The number of ketones is 2. The number of phenolic OH excluding ortho intramolecular Hbond substituents is 1. The van der Waals surface area contributed by atoms with Crippen molar-refractivity contribution in [2.24, 2.45) is 5.92 Å². The maximum Gasteiger partial charge on any atom is 0.169 e. The number of carbonyl (C=O) groups is 2. The highest BCUT2D eigenvalue weighted by atomic mass is 16.3. The topological polar surface area (TPSA) is 115 Å².